The van der Waals surface area contributed by atoms with Crippen molar-refractivity contribution in [3.05, 3.63) is 87.2 Å². The van der Waals surface area contributed by atoms with Crippen LogP contribution < -0.4 is 10.2 Å². The number of halogens is 1. The van der Waals surface area contributed by atoms with E-state index >= 15 is 0 Å². The molecule has 5 nitrogen and oxygen atoms in total. The highest BCUT2D eigenvalue weighted by Crippen LogP contribution is 2.32. The van der Waals surface area contributed by atoms with E-state index in [0.29, 0.717) is 32.9 Å². The first-order valence-corrected chi connectivity index (χ1v) is 8.46. The molecule has 0 amide bonds. The van der Waals surface area contributed by atoms with Crippen LogP contribution in [0.25, 0.3) is 22.5 Å². The van der Waals surface area contributed by atoms with Crippen molar-refractivity contribution in [1.29, 1.82) is 5.26 Å². The molecule has 0 atom stereocenters. The second-order valence-corrected chi connectivity index (χ2v) is 6.20. The molecular formula is C21H12ClNO4. The van der Waals surface area contributed by atoms with Crippen LogP contribution in [0.15, 0.2) is 74.5 Å². The van der Waals surface area contributed by atoms with E-state index in [9.17, 15) is 10.1 Å². The Morgan fingerprint density at radius 1 is 1.11 bits per heavy atom. The predicted octanol–water partition coefficient (Wildman–Crippen LogP) is 5.16. The zero-order chi connectivity index (χ0) is 18.8. The number of hydrogen-bond acceptors (Lipinski definition) is 5. The fourth-order valence-electron chi connectivity index (χ4n) is 2.76. The summed E-state index contributed by atoms with van der Waals surface area (Å²) < 4.78 is 17.1. The van der Waals surface area contributed by atoms with Crippen molar-refractivity contribution in [2.45, 2.75) is 6.61 Å². The van der Waals surface area contributed by atoms with Gasteiger partial charge in [-0.05, 0) is 36.4 Å². The summed E-state index contributed by atoms with van der Waals surface area (Å²) in [5.74, 6) is 0.564. The van der Waals surface area contributed by atoms with Gasteiger partial charge in [-0.3, -0.25) is 4.79 Å². The highest BCUT2D eigenvalue weighted by molar-refractivity contribution is 6.31. The molecule has 0 aliphatic heterocycles. The summed E-state index contributed by atoms with van der Waals surface area (Å²) in [5, 5.41) is 9.96. The molecular weight excluding hydrogens is 366 g/mol. The molecule has 0 aliphatic carbocycles. The summed E-state index contributed by atoms with van der Waals surface area (Å²) >= 11 is 6.02. The average Bonchev–Trinajstić information content (AvgIpc) is 3.22. The first-order valence-electron chi connectivity index (χ1n) is 8.08. The second kappa shape index (κ2) is 7.02. The van der Waals surface area contributed by atoms with Crippen molar-refractivity contribution >= 4 is 22.6 Å². The maximum atomic E-state index is 13.0. The van der Waals surface area contributed by atoms with Gasteiger partial charge in [-0.25, -0.2) is 0 Å². The van der Waals surface area contributed by atoms with Crippen LogP contribution in [0.4, 0.5) is 0 Å². The Bertz CT molecular complexity index is 1220. The van der Waals surface area contributed by atoms with E-state index in [1.165, 1.54) is 12.3 Å². The maximum absolute atomic E-state index is 13.0. The number of fused-ring (bicyclic) bond motifs is 1. The Labute approximate surface area is 159 Å². The van der Waals surface area contributed by atoms with Crippen LogP contribution in [0.1, 0.15) is 11.1 Å². The van der Waals surface area contributed by atoms with Gasteiger partial charge in [0, 0.05) is 10.6 Å². The van der Waals surface area contributed by atoms with Gasteiger partial charge in [0.05, 0.1) is 23.3 Å². The highest BCUT2D eigenvalue weighted by Gasteiger charge is 2.20. The molecule has 132 valence electrons. The third-order valence-corrected chi connectivity index (χ3v) is 4.30. The van der Waals surface area contributed by atoms with Gasteiger partial charge >= 0.3 is 0 Å². The molecule has 4 rings (SSSR count). The first kappa shape index (κ1) is 17.0. The quantitative estimate of drug-likeness (QED) is 0.491. The van der Waals surface area contributed by atoms with Crippen molar-refractivity contribution in [3.63, 3.8) is 0 Å². The molecule has 2 aromatic carbocycles. The molecule has 0 saturated heterocycles. The maximum Gasteiger partial charge on any atom is 0.235 e. The fourth-order valence-corrected chi connectivity index (χ4v) is 2.93. The van der Waals surface area contributed by atoms with E-state index in [0.717, 1.165) is 0 Å². The van der Waals surface area contributed by atoms with Crippen LogP contribution in [-0.4, -0.2) is 0 Å². The summed E-state index contributed by atoms with van der Waals surface area (Å²) in [4.78, 5) is 13.0. The summed E-state index contributed by atoms with van der Waals surface area (Å²) in [6, 6.07) is 17.3. The molecule has 0 spiro atoms. The molecule has 0 N–H and O–H groups in total. The highest BCUT2D eigenvalue weighted by atomic mass is 35.5. The van der Waals surface area contributed by atoms with Crippen molar-refractivity contribution in [2.24, 2.45) is 0 Å². The van der Waals surface area contributed by atoms with Crippen molar-refractivity contribution in [3.8, 4) is 23.3 Å². The minimum atomic E-state index is -0.361. The van der Waals surface area contributed by atoms with E-state index in [1.54, 1.807) is 48.5 Å². The summed E-state index contributed by atoms with van der Waals surface area (Å²) in [6.07, 6.45) is 1.48. The van der Waals surface area contributed by atoms with E-state index in [1.807, 2.05) is 0 Å². The number of ether oxygens (including phenoxy) is 1. The Hall–Kier alpha value is -3.49. The molecule has 0 unspecified atom stereocenters. The lowest BCUT2D eigenvalue weighted by atomic mass is 10.1. The Morgan fingerprint density at radius 3 is 2.74 bits per heavy atom. The van der Waals surface area contributed by atoms with Gasteiger partial charge in [0.1, 0.15) is 12.2 Å². The smallest absolute Gasteiger partial charge is 0.235 e. The molecule has 4 aromatic rings. The summed E-state index contributed by atoms with van der Waals surface area (Å²) in [5.41, 5.74) is 1.15. The minimum Gasteiger partial charge on any atom is -0.481 e. The largest absolute Gasteiger partial charge is 0.481 e. The summed E-state index contributed by atoms with van der Waals surface area (Å²) in [7, 11) is 0. The molecule has 27 heavy (non-hydrogen) atoms. The van der Waals surface area contributed by atoms with Crippen molar-refractivity contribution in [2.75, 3.05) is 0 Å². The average molecular weight is 378 g/mol. The van der Waals surface area contributed by atoms with Crippen LogP contribution in [-0.2, 0) is 6.61 Å². The molecule has 6 heteroatoms. The molecule has 0 bridgehead atoms. The van der Waals surface area contributed by atoms with Gasteiger partial charge in [0.15, 0.2) is 5.76 Å². The number of furan rings is 1. The standard InChI is InChI=1S/C21H12ClNO4/c22-15-7-8-17-16(10-15)19(24)21(20(27-17)18-6-3-9-25-18)26-12-14-5-2-1-4-13(14)11-23/h1-10H,12H2. The number of nitriles is 1. The van der Waals surface area contributed by atoms with Crippen LogP contribution in [0, 0.1) is 11.3 Å². The second-order valence-electron chi connectivity index (χ2n) is 5.76. The van der Waals surface area contributed by atoms with E-state index in [-0.39, 0.29) is 23.5 Å². The minimum absolute atomic E-state index is 0.00691. The Morgan fingerprint density at radius 2 is 1.96 bits per heavy atom. The van der Waals surface area contributed by atoms with Crippen LogP contribution in [0.2, 0.25) is 5.02 Å². The van der Waals surface area contributed by atoms with Gasteiger partial charge in [0.25, 0.3) is 0 Å². The third kappa shape index (κ3) is 3.19. The van der Waals surface area contributed by atoms with Crippen LogP contribution in [0.3, 0.4) is 0 Å². The zero-order valence-corrected chi connectivity index (χ0v) is 14.7. The predicted molar refractivity (Wildman–Crippen MR) is 101 cm³/mol. The Balaban J connectivity index is 1.85. The number of rotatable bonds is 4. The normalized spacial score (nSPS) is 10.7. The van der Waals surface area contributed by atoms with Gasteiger partial charge < -0.3 is 13.6 Å². The van der Waals surface area contributed by atoms with Gasteiger partial charge in [0.2, 0.25) is 16.9 Å². The SMILES string of the molecule is N#Cc1ccccc1COc1c(-c2ccco2)oc2ccc(Cl)cc2c1=O. The molecule has 0 radical (unpaired) electrons. The van der Waals surface area contributed by atoms with E-state index in [4.69, 9.17) is 25.2 Å². The summed E-state index contributed by atoms with van der Waals surface area (Å²) in [6.45, 7) is 0.0360. The molecule has 0 aliphatic rings. The molecule has 2 heterocycles. The topological polar surface area (TPSA) is 76.4 Å². The van der Waals surface area contributed by atoms with E-state index < -0.39 is 0 Å². The van der Waals surface area contributed by atoms with Gasteiger partial charge in [-0.1, -0.05) is 29.8 Å². The first-order chi connectivity index (χ1) is 13.2. The van der Waals surface area contributed by atoms with E-state index in [2.05, 4.69) is 6.07 Å². The fraction of sp³-hybridized carbons (Fsp3) is 0.0476. The molecule has 0 saturated carbocycles. The van der Waals surface area contributed by atoms with Gasteiger partial charge in [-0.15, -0.1) is 0 Å². The molecule has 2 aromatic heterocycles. The van der Waals surface area contributed by atoms with Crippen molar-refractivity contribution in [1.82, 2.24) is 0 Å². The lowest BCUT2D eigenvalue weighted by Gasteiger charge is -2.11. The van der Waals surface area contributed by atoms with Crippen molar-refractivity contribution < 1.29 is 13.6 Å². The monoisotopic (exact) mass is 377 g/mol. The Kier molecular flexibility index (Phi) is 4.41. The van der Waals surface area contributed by atoms with Crippen LogP contribution >= 0.6 is 11.6 Å². The van der Waals surface area contributed by atoms with Gasteiger partial charge in [-0.2, -0.15) is 5.26 Å². The number of nitrogens with zero attached hydrogens (tertiary/aromatic N) is 1. The molecule has 0 fully saturated rings. The third-order valence-electron chi connectivity index (χ3n) is 4.07. The number of hydrogen-bond donors (Lipinski definition) is 0. The number of benzene rings is 2. The van der Waals surface area contributed by atoms with Crippen LogP contribution in [0.5, 0.6) is 5.75 Å². The lowest BCUT2D eigenvalue weighted by Crippen LogP contribution is -2.10. The lowest BCUT2D eigenvalue weighted by molar-refractivity contribution is 0.296. The zero-order valence-electron chi connectivity index (χ0n) is 13.9.